The van der Waals surface area contributed by atoms with E-state index in [0.29, 0.717) is 6.54 Å². The summed E-state index contributed by atoms with van der Waals surface area (Å²) in [7, 11) is 0. The molecule has 2 nitrogen and oxygen atoms in total. The van der Waals surface area contributed by atoms with Crippen LogP contribution >= 0.6 is 0 Å². The van der Waals surface area contributed by atoms with Gasteiger partial charge in [-0.15, -0.1) is 0 Å². The van der Waals surface area contributed by atoms with E-state index >= 15 is 0 Å². The average molecular weight is 343 g/mol. The predicted octanol–water partition coefficient (Wildman–Crippen LogP) is 4.91. The van der Waals surface area contributed by atoms with E-state index in [1.807, 2.05) is 80.6 Å². The van der Waals surface area contributed by atoms with Gasteiger partial charge in [0.25, 0.3) is 0 Å². The van der Waals surface area contributed by atoms with Gasteiger partial charge in [-0.1, -0.05) is 91.0 Å². The van der Waals surface area contributed by atoms with Gasteiger partial charge >= 0.3 is 0 Å². The molecule has 26 heavy (non-hydrogen) atoms. The Hall–Kier alpha value is -2.87. The third-order valence-electron chi connectivity index (χ3n) is 4.93. The standard InChI is InChI=1S/C24H25NO/c1-24(2,21-16-10-5-11-17-21)23(26)25-18-22(19-12-6-3-7-13-19)20-14-8-4-9-15-20/h3-17,22H,18H2,1-2H3,(H,25,26). The Bertz CT molecular complexity index is 786. The summed E-state index contributed by atoms with van der Waals surface area (Å²) in [5, 5.41) is 3.18. The van der Waals surface area contributed by atoms with Crippen molar-refractivity contribution in [1.82, 2.24) is 5.32 Å². The van der Waals surface area contributed by atoms with Gasteiger partial charge in [0.1, 0.15) is 0 Å². The molecule has 0 saturated carbocycles. The van der Waals surface area contributed by atoms with Crippen molar-refractivity contribution in [2.75, 3.05) is 6.54 Å². The van der Waals surface area contributed by atoms with Crippen LogP contribution in [-0.4, -0.2) is 12.5 Å². The number of hydrogen-bond donors (Lipinski definition) is 1. The highest BCUT2D eigenvalue weighted by molar-refractivity contribution is 5.87. The highest BCUT2D eigenvalue weighted by Crippen LogP contribution is 2.26. The Morgan fingerprint density at radius 3 is 1.65 bits per heavy atom. The van der Waals surface area contributed by atoms with E-state index in [2.05, 4.69) is 29.6 Å². The fourth-order valence-electron chi connectivity index (χ4n) is 3.20. The van der Waals surface area contributed by atoms with Crippen LogP contribution in [0.25, 0.3) is 0 Å². The maximum absolute atomic E-state index is 12.9. The van der Waals surface area contributed by atoms with Gasteiger partial charge in [0.05, 0.1) is 5.41 Å². The van der Waals surface area contributed by atoms with Gasteiger partial charge in [-0.2, -0.15) is 0 Å². The minimum atomic E-state index is -0.570. The zero-order chi connectivity index (χ0) is 18.4. The minimum Gasteiger partial charge on any atom is -0.354 e. The predicted molar refractivity (Wildman–Crippen MR) is 107 cm³/mol. The van der Waals surface area contributed by atoms with E-state index in [-0.39, 0.29) is 11.8 Å². The minimum absolute atomic E-state index is 0.0422. The molecule has 0 radical (unpaired) electrons. The van der Waals surface area contributed by atoms with Crippen LogP contribution in [0, 0.1) is 0 Å². The van der Waals surface area contributed by atoms with E-state index in [9.17, 15) is 4.79 Å². The average Bonchev–Trinajstić information content (AvgIpc) is 2.70. The van der Waals surface area contributed by atoms with Crippen molar-refractivity contribution >= 4 is 5.91 Å². The smallest absolute Gasteiger partial charge is 0.230 e. The number of hydrogen-bond acceptors (Lipinski definition) is 1. The van der Waals surface area contributed by atoms with Crippen LogP contribution in [0.3, 0.4) is 0 Å². The van der Waals surface area contributed by atoms with Crippen LogP contribution in [0.5, 0.6) is 0 Å². The fourth-order valence-corrected chi connectivity index (χ4v) is 3.20. The number of carbonyl (C=O) groups is 1. The second-order valence-electron chi connectivity index (χ2n) is 7.08. The van der Waals surface area contributed by atoms with Crippen LogP contribution in [0.1, 0.15) is 36.5 Å². The molecule has 2 heteroatoms. The molecule has 0 aliphatic carbocycles. The quantitative estimate of drug-likeness (QED) is 0.677. The van der Waals surface area contributed by atoms with Gasteiger partial charge in [-0.3, -0.25) is 4.79 Å². The van der Waals surface area contributed by atoms with Crippen molar-refractivity contribution in [3.63, 3.8) is 0 Å². The molecule has 0 atom stereocenters. The molecule has 3 aromatic carbocycles. The van der Waals surface area contributed by atoms with Crippen LogP contribution in [0.4, 0.5) is 0 Å². The molecule has 3 rings (SSSR count). The van der Waals surface area contributed by atoms with Crippen molar-refractivity contribution in [2.45, 2.75) is 25.2 Å². The monoisotopic (exact) mass is 343 g/mol. The zero-order valence-corrected chi connectivity index (χ0v) is 15.4. The number of carbonyl (C=O) groups excluding carboxylic acids is 1. The molecule has 3 aromatic rings. The maximum Gasteiger partial charge on any atom is 0.230 e. The van der Waals surface area contributed by atoms with E-state index < -0.39 is 5.41 Å². The summed E-state index contributed by atoms with van der Waals surface area (Å²) in [4.78, 5) is 12.9. The molecule has 0 aliphatic rings. The Kier molecular flexibility index (Phi) is 5.52. The Morgan fingerprint density at radius 2 is 1.19 bits per heavy atom. The lowest BCUT2D eigenvalue weighted by molar-refractivity contribution is -0.125. The van der Waals surface area contributed by atoms with E-state index in [1.165, 1.54) is 11.1 Å². The van der Waals surface area contributed by atoms with Gasteiger partial charge in [-0.05, 0) is 30.5 Å². The Labute approximate surface area is 155 Å². The molecule has 0 aliphatic heterocycles. The molecule has 0 unspecified atom stereocenters. The van der Waals surface area contributed by atoms with Crippen LogP contribution in [0.2, 0.25) is 0 Å². The van der Waals surface area contributed by atoms with Gasteiger partial charge in [0, 0.05) is 12.5 Å². The highest BCUT2D eigenvalue weighted by Gasteiger charge is 2.30. The van der Waals surface area contributed by atoms with Gasteiger partial charge in [-0.25, -0.2) is 0 Å². The molecule has 0 aromatic heterocycles. The summed E-state index contributed by atoms with van der Waals surface area (Å²) in [6.07, 6.45) is 0. The van der Waals surface area contributed by atoms with Crippen molar-refractivity contribution < 1.29 is 4.79 Å². The summed E-state index contributed by atoms with van der Waals surface area (Å²) in [6, 6.07) is 30.6. The van der Waals surface area contributed by atoms with Crippen LogP contribution in [-0.2, 0) is 10.2 Å². The maximum atomic E-state index is 12.9. The van der Waals surface area contributed by atoms with Crippen molar-refractivity contribution in [3.8, 4) is 0 Å². The third kappa shape index (κ3) is 4.02. The van der Waals surface area contributed by atoms with Gasteiger partial charge < -0.3 is 5.32 Å². The zero-order valence-electron chi connectivity index (χ0n) is 15.4. The number of benzene rings is 3. The molecule has 0 spiro atoms. The van der Waals surface area contributed by atoms with Crippen molar-refractivity contribution in [1.29, 1.82) is 0 Å². The summed E-state index contributed by atoms with van der Waals surface area (Å²) >= 11 is 0. The number of rotatable bonds is 6. The Balaban J connectivity index is 1.79. The first kappa shape index (κ1) is 17.9. The summed E-state index contributed by atoms with van der Waals surface area (Å²) < 4.78 is 0. The van der Waals surface area contributed by atoms with E-state index in [1.54, 1.807) is 0 Å². The summed E-state index contributed by atoms with van der Waals surface area (Å²) in [5.74, 6) is 0.175. The molecule has 0 heterocycles. The lowest BCUT2D eigenvalue weighted by atomic mass is 9.83. The summed E-state index contributed by atoms with van der Waals surface area (Å²) in [5.41, 5.74) is 2.86. The number of amides is 1. The largest absolute Gasteiger partial charge is 0.354 e. The summed E-state index contributed by atoms with van der Waals surface area (Å²) in [6.45, 7) is 4.51. The van der Waals surface area contributed by atoms with Gasteiger partial charge in [0.2, 0.25) is 5.91 Å². The molecule has 132 valence electrons. The molecule has 0 fully saturated rings. The van der Waals surface area contributed by atoms with Crippen LogP contribution in [0.15, 0.2) is 91.0 Å². The van der Waals surface area contributed by atoms with Crippen molar-refractivity contribution in [2.24, 2.45) is 0 Å². The molecule has 1 amide bonds. The lowest BCUT2D eigenvalue weighted by Gasteiger charge is -2.26. The SMILES string of the molecule is CC(C)(C(=O)NCC(c1ccccc1)c1ccccc1)c1ccccc1. The normalized spacial score (nSPS) is 11.3. The third-order valence-corrected chi connectivity index (χ3v) is 4.93. The molecule has 0 saturated heterocycles. The van der Waals surface area contributed by atoms with Gasteiger partial charge in [0.15, 0.2) is 0 Å². The molecule has 0 bridgehead atoms. The molecular formula is C24H25NO. The lowest BCUT2D eigenvalue weighted by Crippen LogP contribution is -2.41. The highest BCUT2D eigenvalue weighted by atomic mass is 16.2. The first-order valence-corrected chi connectivity index (χ1v) is 9.03. The van der Waals surface area contributed by atoms with E-state index in [0.717, 1.165) is 5.56 Å². The first-order valence-electron chi connectivity index (χ1n) is 9.03. The fraction of sp³-hybridized carbons (Fsp3) is 0.208. The second kappa shape index (κ2) is 8.01. The Morgan fingerprint density at radius 1 is 0.769 bits per heavy atom. The van der Waals surface area contributed by atoms with Crippen LogP contribution < -0.4 is 5.32 Å². The van der Waals surface area contributed by atoms with Crippen molar-refractivity contribution in [3.05, 3.63) is 108 Å². The first-order chi connectivity index (χ1) is 12.6. The van der Waals surface area contributed by atoms with E-state index in [4.69, 9.17) is 0 Å². The number of nitrogens with one attached hydrogen (secondary N) is 1. The topological polar surface area (TPSA) is 29.1 Å². The molecule has 1 N–H and O–H groups in total. The molecular weight excluding hydrogens is 318 g/mol. The second-order valence-corrected chi connectivity index (χ2v) is 7.08.